The van der Waals surface area contributed by atoms with E-state index in [9.17, 15) is 19.2 Å². The van der Waals surface area contributed by atoms with Crippen LogP contribution in [-0.2, 0) is 9.59 Å². The Morgan fingerprint density at radius 1 is 0.477 bits per heavy atom. The Labute approximate surface area is 258 Å². The lowest BCUT2D eigenvalue weighted by Gasteiger charge is -2.28. The smallest absolute Gasteiger partial charge is 0.270 e. The lowest BCUT2D eigenvalue weighted by atomic mass is 10.1. The van der Waals surface area contributed by atoms with Crippen LogP contribution in [-0.4, -0.2) is 59.6 Å². The van der Waals surface area contributed by atoms with E-state index in [4.69, 9.17) is 0 Å². The van der Waals surface area contributed by atoms with Crippen molar-refractivity contribution in [3.63, 3.8) is 0 Å². The van der Waals surface area contributed by atoms with Crippen LogP contribution < -0.4 is 10.6 Å². The summed E-state index contributed by atoms with van der Waals surface area (Å²) in [5, 5.41) is 5.67. The summed E-state index contributed by atoms with van der Waals surface area (Å²) in [5.41, 5.74) is 2.78. The van der Waals surface area contributed by atoms with Crippen molar-refractivity contribution < 1.29 is 19.2 Å². The van der Waals surface area contributed by atoms with Crippen LogP contribution >= 0.6 is 0 Å². The Balaban J connectivity index is 1.40. The van der Waals surface area contributed by atoms with Crippen LogP contribution in [0.15, 0.2) is 96.3 Å². The van der Waals surface area contributed by atoms with Gasteiger partial charge >= 0.3 is 0 Å². The molecule has 0 unspecified atom stereocenters. The highest BCUT2D eigenvalue weighted by atomic mass is 16.2. The molecule has 2 fully saturated rings. The van der Waals surface area contributed by atoms with E-state index < -0.39 is 0 Å². The van der Waals surface area contributed by atoms with Gasteiger partial charge in [-0.2, -0.15) is 0 Å². The highest BCUT2D eigenvalue weighted by Crippen LogP contribution is 2.18. The number of hydrogen-bond acceptors (Lipinski definition) is 4. The van der Waals surface area contributed by atoms with Crippen LogP contribution in [0, 0.1) is 0 Å². The molecular formula is C36H38N4O4. The molecule has 2 N–H and O–H groups in total. The molecule has 8 nitrogen and oxygen atoms in total. The van der Waals surface area contributed by atoms with E-state index in [1.165, 1.54) is 0 Å². The summed E-state index contributed by atoms with van der Waals surface area (Å²) in [4.78, 5) is 56.5. The van der Waals surface area contributed by atoms with Gasteiger partial charge in [-0.15, -0.1) is 0 Å². The van der Waals surface area contributed by atoms with Crippen molar-refractivity contribution in [2.24, 2.45) is 0 Å². The molecule has 5 rings (SSSR count). The van der Waals surface area contributed by atoms with Gasteiger partial charge < -0.3 is 20.4 Å². The van der Waals surface area contributed by atoms with Crippen LogP contribution in [0.1, 0.15) is 70.4 Å². The Kier molecular flexibility index (Phi) is 10.4. The molecule has 0 radical (unpaired) electrons. The van der Waals surface area contributed by atoms with E-state index in [0.717, 1.165) is 38.5 Å². The lowest BCUT2D eigenvalue weighted by molar-refractivity contribution is -0.129. The van der Waals surface area contributed by atoms with Crippen LogP contribution in [0.4, 0.5) is 0 Å². The summed E-state index contributed by atoms with van der Waals surface area (Å²) in [7, 11) is 0. The Hall–Kier alpha value is -4.98. The molecular weight excluding hydrogens is 552 g/mol. The lowest BCUT2D eigenvalue weighted by Crippen LogP contribution is -2.41. The number of carbonyl (C=O) groups is 4. The Morgan fingerprint density at radius 2 is 0.818 bits per heavy atom. The van der Waals surface area contributed by atoms with Gasteiger partial charge in [0, 0.05) is 37.3 Å². The fraction of sp³-hybridized carbons (Fsp3) is 0.278. The first-order chi connectivity index (χ1) is 21.5. The second kappa shape index (κ2) is 15.0. The highest BCUT2D eigenvalue weighted by molar-refractivity contribution is 6.06. The standard InChI is InChI=1S/C36H38N4O4/c41-33(29-13-5-1-6-14-29)37-31(35(43)39-21-9-3-10-22-39)25-27-17-19-28(20-18-27)26-32(36(44)40-23-11-4-12-24-40)38-34(42)30-15-7-2-8-16-30/h1-2,5-8,13-20,25-26H,3-4,9-12,21-24H2,(H,37,41)(H,38,42)/b31-25-,32-26-. The maximum absolute atomic E-state index is 13.5. The second-order valence-electron chi connectivity index (χ2n) is 11.1. The molecule has 2 heterocycles. The van der Waals surface area contributed by atoms with Gasteiger partial charge in [0.1, 0.15) is 11.4 Å². The maximum atomic E-state index is 13.5. The summed E-state index contributed by atoms with van der Waals surface area (Å²) in [6.45, 7) is 2.63. The van der Waals surface area contributed by atoms with E-state index in [1.807, 2.05) is 36.4 Å². The van der Waals surface area contributed by atoms with Crippen molar-refractivity contribution in [2.45, 2.75) is 38.5 Å². The van der Waals surface area contributed by atoms with Crippen LogP contribution in [0.3, 0.4) is 0 Å². The van der Waals surface area contributed by atoms with E-state index >= 15 is 0 Å². The topological polar surface area (TPSA) is 98.8 Å². The third-order valence-electron chi connectivity index (χ3n) is 7.87. The molecule has 4 amide bonds. The molecule has 2 aliphatic heterocycles. The molecule has 44 heavy (non-hydrogen) atoms. The molecule has 3 aromatic rings. The zero-order valence-electron chi connectivity index (χ0n) is 24.8. The SMILES string of the molecule is O=C(N/C(=C\c1ccc(/C=C(\NC(=O)c2ccccc2)C(=O)N2CCCCC2)cc1)C(=O)N1CCCCC1)c1ccccc1. The number of nitrogens with one attached hydrogen (secondary N) is 2. The second-order valence-corrected chi connectivity index (χ2v) is 11.1. The number of hydrogen-bond donors (Lipinski definition) is 2. The van der Waals surface area contributed by atoms with Gasteiger partial charge in [0.2, 0.25) is 0 Å². The van der Waals surface area contributed by atoms with Crippen molar-refractivity contribution in [1.82, 2.24) is 20.4 Å². The minimum atomic E-state index is -0.350. The average Bonchev–Trinajstić information content (AvgIpc) is 3.09. The quantitative estimate of drug-likeness (QED) is 0.350. The molecule has 0 aromatic heterocycles. The summed E-state index contributed by atoms with van der Waals surface area (Å²) >= 11 is 0. The van der Waals surface area contributed by atoms with Gasteiger partial charge in [-0.1, -0.05) is 60.7 Å². The monoisotopic (exact) mass is 590 g/mol. The maximum Gasteiger partial charge on any atom is 0.270 e. The number of rotatable bonds is 8. The van der Waals surface area contributed by atoms with Gasteiger partial charge in [0.15, 0.2) is 0 Å². The summed E-state index contributed by atoms with van der Waals surface area (Å²) < 4.78 is 0. The van der Waals surface area contributed by atoms with Crippen molar-refractivity contribution in [2.75, 3.05) is 26.2 Å². The predicted octanol–water partition coefficient (Wildman–Crippen LogP) is 5.25. The summed E-state index contributed by atoms with van der Waals surface area (Å²) in [6, 6.07) is 24.9. The molecule has 0 aliphatic carbocycles. The molecule has 3 aromatic carbocycles. The number of piperidine rings is 2. The van der Waals surface area contributed by atoms with Crippen LogP contribution in [0.25, 0.3) is 12.2 Å². The first-order valence-electron chi connectivity index (χ1n) is 15.3. The van der Waals surface area contributed by atoms with Gasteiger partial charge in [-0.05, 0) is 86.1 Å². The van der Waals surface area contributed by atoms with Gasteiger partial charge in [0.05, 0.1) is 0 Å². The molecule has 226 valence electrons. The van der Waals surface area contributed by atoms with E-state index in [0.29, 0.717) is 48.4 Å². The van der Waals surface area contributed by atoms with Crippen molar-refractivity contribution in [3.8, 4) is 0 Å². The van der Waals surface area contributed by atoms with Crippen LogP contribution in [0.2, 0.25) is 0 Å². The zero-order chi connectivity index (χ0) is 30.7. The number of carbonyl (C=O) groups excluding carboxylic acids is 4. The van der Waals surface area contributed by atoms with Crippen molar-refractivity contribution >= 4 is 35.8 Å². The van der Waals surface area contributed by atoms with Crippen molar-refractivity contribution in [3.05, 3.63) is 119 Å². The van der Waals surface area contributed by atoms with Crippen LogP contribution in [0.5, 0.6) is 0 Å². The van der Waals surface area contributed by atoms with Gasteiger partial charge in [-0.25, -0.2) is 0 Å². The third-order valence-corrected chi connectivity index (χ3v) is 7.87. The first kappa shape index (κ1) is 30.5. The fourth-order valence-electron chi connectivity index (χ4n) is 5.43. The Morgan fingerprint density at radius 3 is 1.16 bits per heavy atom. The normalized spacial score (nSPS) is 15.8. The number of benzene rings is 3. The molecule has 0 spiro atoms. The van der Waals surface area contributed by atoms with Gasteiger partial charge in [0.25, 0.3) is 23.6 Å². The summed E-state index contributed by atoms with van der Waals surface area (Å²) in [5.74, 6) is -1.12. The third kappa shape index (κ3) is 8.10. The van der Waals surface area contributed by atoms with Gasteiger partial charge in [-0.3, -0.25) is 19.2 Å². The van der Waals surface area contributed by atoms with E-state index in [-0.39, 0.29) is 35.0 Å². The fourth-order valence-corrected chi connectivity index (χ4v) is 5.43. The molecule has 0 bridgehead atoms. The molecule has 2 saturated heterocycles. The van der Waals surface area contributed by atoms with E-state index in [2.05, 4.69) is 10.6 Å². The first-order valence-corrected chi connectivity index (χ1v) is 15.3. The summed E-state index contributed by atoms with van der Waals surface area (Å²) in [6.07, 6.45) is 9.28. The molecule has 8 heteroatoms. The predicted molar refractivity (Wildman–Crippen MR) is 171 cm³/mol. The highest BCUT2D eigenvalue weighted by Gasteiger charge is 2.24. The molecule has 0 saturated carbocycles. The molecule has 2 aliphatic rings. The molecule has 0 atom stereocenters. The van der Waals surface area contributed by atoms with Crippen molar-refractivity contribution in [1.29, 1.82) is 0 Å². The number of amides is 4. The number of nitrogens with zero attached hydrogens (tertiary/aromatic N) is 2. The Bertz CT molecular complexity index is 1400. The largest absolute Gasteiger partial charge is 0.337 e. The zero-order valence-corrected chi connectivity index (χ0v) is 24.8. The minimum Gasteiger partial charge on any atom is -0.337 e. The minimum absolute atomic E-state index is 0.208. The van der Waals surface area contributed by atoms with E-state index in [1.54, 1.807) is 70.5 Å². The number of likely N-dealkylation sites (tertiary alicyclic amines) is 2. The average molecular weight is 591 g/mol.